The van der Waals surface area contributed by atoms with Crippen LogP contribution in [0.5, 0.6) is 0 Å². The van der Waals surface area contributed by atoms with Crippen LogP contribution in [-0.4, -0.2) is 45.7 Å². The fourth-order valence-electron chi connectivity index (χ4n) is 4.05. The number of allylic oxidation sites excluding steroid dienone is 1. The molecule has 1 rings (SSSR count). The molecule has 28 heavy (non-hydrogen) atoms. The highest BCUT2D eigenvalue weighted by Crippen LogP contribution is 2.34. The summed E-state index contributed by atoms with van der Waals surface area (Å²) < 4.78 is 0. The standard InChI is InChI=1S/C23H40O5/c1-23(28,15-7-4-8-17-24)16-9-10-19-13-14-22(27)21(19)12-6-3-2-5-11-20(26)18-25/h9-10,19,21,24-25,28H,2-8,11-18H2,1H3/t19-,21+,23?/m0/s1. The summed E-state index contributed by atoms with van der Waals surface area (Å²) in [7, 11) is 0. The van der Waals surface area contributed by atoms with E-state index in [1.165, 1.54) is 0 Å². The maximum atomic E-state index is 12.2. The van der Waals surface area contributed by atoms with E-state index >= 15 is 0 Å². The maximum Gasteiger partial charge on any atom is 0.158 e. The summed E-state index contributed by atoms with van der Waals surface area (Å²) in [6.07, 6.45) is 14.8. The first-order valence-corrected chi connectivity index (χ1v) is 11.0. The van der Waals surface area contributed by atoms with Crippen LogP contribution in [0.25, 0.3) is 0 Å². The highest BCUT2D eigenvalue weighted by molar-refractivity contribution is 5.83. The molecule has 0 aromatic carbocycles. The van der Waals surface area contributed by atoms with E-state index in [-0.39, 0.29) is 30.8 Å². The number of aliphatic hydroxyl groups excluding tert-OH is 2. The number of carbonyl (C=O) groups excluding carboxylic acids is 2. The Morgan fingerprint density at radius 3 is 2.54 bits per heavy atom. The Morgan fingerprint density at radius 1 is 1.11 bits per heavy atom. The fraction of sp³-hybridized carbons (Fsp3) is 0.826. The predicted molar refractivity (Wildman–Crippen MR) is 111 cm³/mol. The summed E-state index contributed by atoms with van der Waals surface area (Å²) >= 11 is 0. The first kappa shape index (κ1) is 25.0. The number of Topliss-reactive ketones (excluding diaryl/α,β-unsaturated/α-hetero) is 2. The Labute approximate surface area is 170 Å². The lowest BCUT2D eigenvalue weighted by Gasteiger charge is -2.22. The molecule has 0 saturated heterocycles. The third-order valence-corrected chi connectivity index (χ3v) is 5.87. The second kappa shape index (κ2) is 14.0. The van der Waals surface area contributed by atoms with Crippen LogP contribution < -0.4 is 0 Å². The molecule has 0 amide bonds. The molecule has 0 aliphatic heterocycles. The minimum Gasteiger partial charge on any atom is -0.396 e. The molecule has 5 heteroatoms. The van der Waals surface area contributed by atoms with Gasteiger partial charge < -0.3 is 15.3 Å². The van der Waals surface area contributed by atoms with Gasteiger partial charge in [-0.05, 0) is 51.4 Å². The van der Waals surface area contributed by atoms with Gasteiger partial charge in [-0.15, -0.1) is 0 Å². The lowest BCUT2D eigenvalue weighted by atomic mass is 9.88. The van der Waals surface area contributed by atoms with E-state index < -0.39 is 5.60 Å². The largest absolute Gasteiger partial charge is 0.396 e. The Morgan fingerprint density at radius 2 is 1.82 bits per heavy atom. The number of aliphatic hydroxyl groups is 3. The van der Waals surface area contributed by atoms with Gasteiger partial charge in [0.1, 0.15) is 12.4 Å². The molecule has 3 atom stereocenters. The van der Waals surface area contributed by atoms with Gasteiger partial charge in [-0.25, -0.2) is 0 Å². The number of ketones is 2. The smallest absolute Gasteiger partial charge is 0.158 e. The van der Waals surface area contributed by atoms with Crippen LogP contribution >= 0.6 is 0 Å². The third kappa shape index (κ3) is 10.5. The van der Waals surface area contributed by atoms with Crippen molar-refractivity contribution >= 4 is 11.6 Å². The van der Waals surface area contributed by atoms with Crippen molar-refractivity contribution in [3.63, 3.8) is 0 Å². The summed E-state index contributed by atoms with van der Waals surface area (Å²) in [4.78, 5) is 23.3. The van der Waals surface area contributed by atoms with E-state index in [4.69, 9.17) is 10.2 Å². The fourth-order valence-corrected chi connectivity index (χ4v) is 4.05. The monoisotopic (exact) mass is 396 g/mol. The van der Waals surface area contributed by atoms with Crippen LogP contribution in [0.15, 0.2) is 12.2 Å². The summed E-state index contributed by atoms with van der Waals surface area (Å²) in [6, 6.07) is 0. The van der Waals surface area contributed by atoms with Crippen LogP contribution in [-0.2, 0) is 9.59 Å². The van der Waals surface area contributed by atoms with Gasteiger partial charge in [-0.3, -0.25) is 9.59 Å². The number of hydrogen-bond donors (Lipinski definition) is 3. The maximum absolute atomic E-state index is 12.2. The molecule has 0 aromatic rings. The van der Waals surface area contributed by atoms with Crippen molar-refractivity contribution in [1.82, 2.24) is 0 Å². The molecule has 1 fully saturated rings. The zero-order valence-electron chi connectivity index (χ0n) is 17.6. The molecule has 3 N–H and O–H groups in total. The molecule has 162 valence electrons. The number of carbonyl (C=O) groups is 2. The van der Waals surface area contributed by atoms with E-state index in [1.54, 1.807) is 0 Å². The highest BCUT2D eigenvalue weighted by Gasteiger charge is 2.32. The van der Waals surface area contributed by atoms with E-state index in [0.717, 1.165) is 64.2 Å². The van der Waals surface area contributed by atoms with Crippen LogP contribution in [0.3, 0.4) is 0 Å². The van der Waals surface area contributed by atoms with Crippen molar-refractivity contribution in [2.45, 2.75) is 96.0 Å². The van der Waals surface area contributed by atoms with Crippen LogP contribution in [0.2, 0.25) is 0 Å². The van der Waals surface area contributed by atoms with Gasteiger partial charge in [0.2, 0.25) is 0 Å². The first-order chi connectivity index (χ1) is 13.4. The van der Waals surface area contributed by atoms with Gasteiger partial charge in [-0.1, -0.05) is 44.3 Å². The molecule has 0 radical (unpaired) electrons. The summed E-state index contributed by atoms with van der Waals surface area (Å²) in [5.41, 5.74) is -0.726. The van der Waals surface area contributed by atoms with Crippen molar-refractivity contribution in [3.8, 4) is 0 Å². The molecule has 5 nitrogen and oxygen atoms in total. The molecule has 0 bridgehead atoms. The van der Waals surface area contributed by atoms with Crippen molar-refractivity contribution in [1.29, 1.82) is 0 Å². The quantitative estimate of drug-likeness (QED) is 0.273. The van der Waals surface area contributed by atoms with Gasteiger partial charge in [0.15, 0.2) is 5.78 Å². The third-order valence-electron chi connectivity index (χ3n) is 5.87. The van der Waals surface area contributed by atoms with Gasteiger partial charge >= 0.3 is 0 Å². The van der Waals surface area contributed by atoms with Gasteiger partial charge in [-0.2, -0.15) is 0 Å². The summed E-state index contributed by atoms with van der Waals surface area (Å²) in [5, 5.41) is 28.0. The van der Waals surface area contributed by atoms with Gasteiger partial charge in [0.25, 0.3) is 0 Å². The Balaban J connectivity index is 2.30. The average molecular weight is 397 g/mol. The van der Waals surface area contributed by atoms with Crippen molar-refractivity contribution < 1.29 is 24.9 Å². The van der Waals surface area contributed by atoms with Crippen molar-refractivity contribution in [3.05, 3.63) is 12.2 Å². The molecule has 0 spiro atoms. The Bertz CT molecular complexity index is 483. The minimum atomic E-state index is -0.726. The molecule has 1 saturated carbocycles. The molecule has 0 heterocycles. The Kier molecular flexibility index (Phi) is 12.5. The average Bonchev–Trinajstić information content (AvgIpc) is 3.01. The molecule has 1 aliphatic rings. The van der Waals surface area contributed by atoms with Crippen LogP contribution in [0.1, 0.15) is 90.4 Å². The summed E-state index contributed by atoms with van der Waals surface area (Å²) in [6.45, 7) is 1.70. The molecular weight excluding hydrogens is 356 g/mol. The topological polar surface area (TPSA) is 94.8 Å². The van der Waals surface area contributed by atoms with Crippen molar-refractivity contribution in [2.75, 3.05) is 13.2 Å². The zero-order chi connectivity index (χ0) is 20.8. The van der Waals surface area contributed by atoms with Crippen LogP contribution in [0, 0.1) is 11.8 Å². The van der Waals surface area contributed by atoms with Gasteiger partial charge in [0.05, 0.1) is 5.60 Å². The van der Waals surface area contributed by atoms with Crippen LogP contribution in [0.4, 0.5) is 0 Å². The number of hydrogen-bond acceptors (Lipinski definition) is 5. The van der Waals surface area contributed by atoms with Crippen molar-refractivity contribution in [2.24, 2.45) is 11.8 Å². The van der Waals surface area contributed by atoms with E-state index in [2.05, 4.69) is 6.08 Å². The Hall–Kier alpha value is -1.04. The second-order valence-corrected chi connectivity index (χ2v) is 8.59. The van der Waals surface area contributed by atoms with E-state index in [0.29, 0.717) is 25.0 Å². The molecule has 1 aliphatic carbocycles. The lowest BCUT2D eigenvalue weighted by Crippen LogP contribution is -2.23. The summed E-state index contributed by atoms with van der Waals surface area (Å²) in [5.74, 6) is 0.653. The SMILES string of the molecule is CC(O)(CC=C[C@H]1CCC(=O)[C@@H]1CCCCCCC(=O)CO)CCCCCO. The van der Waals surface area contributed by atoms with E-state index in [9.17, 15) is 14.7 Å². The predicted octanol–water partition coefficient (Wildman–Crippen LogP) is 3.73. The lowest BCUT2D eigenvalue weighted by molar-refractivity contribution is -0.122. The first-order valence-electron chi connectivity index (χ1n) is 11.0. The normalized spacial score (nSPS) is 22.1. The number of unbranched alkanes of at least 4 members (excludes halogenated alkanes) is 5. The number of rotatable bonds is 16. The minimum absolute atomic E-state index is 0.0968. The second-order valence-electron chi connectivity index (χ2n) is 8.59. The molecule has 0 aromatic heterocycles. The highest BCUT2D eigenvalue weighted by atomic mass is 16.3. The molecular formula is C23H40O5. The van der Waals surface area contributed by atoms with Gasteiger partial charge in [0, 0.05) is 25.4 Å². The molecule has 1 unspecified atom stereocenters. The zero-order valence-corrected chi connectivity index (χ0v) is 17.6. The van der Waals surface area contributed by atoms with E-state index in [1.807, 2.05) is 13.0 Å².